The molecular formula is C16H16F3N5O2. The molecule has 1 aliphatic rings. The summed E-state index contributed by atoms with van der Waals surface area (Å²) >= 11 is 0. The molecule has 0 bridgehead atoms. The Kier molecular flexibility index (Phi) is 4.66. The van der Waals surface area contributed by atoms with Crippen LogP contribution in [-0.4, -0.2) is 27.0 Å². The smallest absolute Gasteiger partial charge is 0.304 e. The fourth-order valence-corrected chi connectivity index (χ4v) is 2.02. The molecular weight excluding hydrogens is 351 g/mol. The van der Waals surface area contributed by atoms with Gasteiger partial charge in [0.2, 0.25) is 17.6 Å². The summed E-state index contributed by atoms with van der Waals surface area (Å²) in [5.74, 6) is -5.14. The Hall–Kier alpha value is -2.91. The molecule has 0 spiro atoms. The van der Waals surface area contributed by atoms with Crippen molar-refractivity contribution in [1.82, 2.24) is 15.0 Å². The highest BCUT2D eigenvalue weighted by Gasteiger charge is 2.31. The van der Waals surface area contributed by atoms with Gasteiger partial charge in [0, 0.05) is 26.0 Å². The zero-order chi connectivity index (χ0) is 18.9. The lowest BCUT2D eigenvalue weighted by Crippen LogP contribution is -2.15. The van der Waals surface area contributed by atoms with Gasteiger partial charge in [-0.25, -0.2) is 14.4 Å². The van der Waals surface area contributed by atoms with Crippen LogP contribution in [0.15, 0.2) is 18.3 Å². The van der Waals surface area contributed by atoms with Gasteiger partial charge in [0.05, 0.1) is 11.9 Å². The van der Waals surface area contributed by atoms with Gasteiger partial charge in [0.15, 0.2) is 5.82 Å². The van der Waals surface area contributed by atoms with E-state index in [0.29, 0.717) is 6.92 Å². The van der Waals surface area contributed by atoms with Crippen LogP contribution in [-0.2, 0) is 10.7 Å². The normalized spacial score (nSPS) is 14.0. The molecule has 26 heavy (non-hydrogen) atoms. The standard InChI is InChI=1S/C16H16F3N5O2/c1-8(25)21-12-5-11(10(17)7-20-12)22-13-6-14(26-9-3-4-9)24-15(23-13)16(2,18)19/h5-7,9H,3-4H2,1-2H3,(H2,20,21,22,23,24,25). The average Bonchev–Trinajstić information content (AvgIpc) is 3.33. The van der Waals surface area contributed by atoms with Crippen LogP contribution in [0.1, 0.15) is 32.5 Å². The minimum Gasteiger partial charge on any atom is -0.474 e. The molecule has 2 aromatic heterocycles. The van der Waals surface area contributed by atoms with Crippen LogP contribution in [0.4, 0.5) is 30.5 Å². The van der Waals surface area contributed by atoms with Crippen LogP contribution in [0.2, 0.25) is 0 Å². The Morgan fingerprint density at radius 3 is 2.62 bits per heavy atom. The second-order valence-electron chi connectivity index (χ2n) is 5.98. The van der Waals surface area contributed by atoms with Crippen molar-refractivity contribution in [3.8, 4) is 5.88 Å². The monoisotopic (exact) mass is 367 g/mol. The molecule has 0 unspecified atom stereocenters. The summed E-state index contributed by atoms with van der Waals surface area (Å²) in [5, 5.41) is 5.01. The van der Waals surface area contributed by atoms with E-state index in [1.54, 1.807) is 0 Å². The van der Waals surface area contributed by atoms with Gasteiger partial charge in [0.25, 0.3) is 0 Å². The maximum atomic E-state index is 14.0. The fraction of sp³-hybridized carbons (Fsp3) is 0.375. The first-order valence-corrected chi connectivity index (χ1v) is 7.85. The van der Waals surface area contributed by atoms with Crippen molar-refractivity contribution in [1.29, 1.82) is 0 Å². The molecule has 1 fully saturated rings. The van der Waals surface area contributed by atoms with Crippen molar-refractivity contribution in [2.75, 3.05) is 10.6 Å². The van der Waals surface area contributed by atoms with Crippen LogP contribution >= 0.6 is 0 Å². The van der Waals surface area contributed by atoms with E-state index in [2.05, 4.69) is 25.6 Å². The molecule has 0 aliphatic heterocycles. The second-order valence-corrected chi connectivity index (χ2v) is 5.98. The number of halogens is 3. The van der Waals surface area contributed by atoms with Gasteiger partial charge in [-0.1, -0.05) is 0 Å². The first-order chi connectivity index (χ1) is 12.2. The van der Waals surface area contributed by atoms with Gasteiger partial charge in [-0.3, -0.25) is 4.79 Å². The van der Waals surface area contributed by atoms with Crippen molar-refractivity contribution in [3.63, 3.8) is 0 Å². The van der Waals surface area contributed by atoms with Crippen molar-refractivity contribution >= 4 is 23.2 Å². The number of nitrogens with one attached hydrogen (secondary N) is 2. The zero-order valence-electron chi connectivity index (χ0n) is 14.0. The number of amides is 1. The highest BCUT2D eigenvalue weighted by atomic mass is 19.3. The molecule has 2 heterocycles. The van der Waals surface area contributed by atoms with Crippen molar-refractivity contribution in [2.24, 2.45) is 0 Å². The minimum atomic E-state index is -3.29. The summed E-state index contributed by atoms with van der Waals surface area (Å²) in [6.07, 6.45) is 2.49. The predicted molar refractivity (Wildman–Crippen MR) is 87.0 cm³/mol. The maximum Gasteiger partial charge on any atom is 0.304 e. The number of aromatic nitrogens is 3. The lowest BCUT2D eigenvalue weighted by molar-refractivity contribution is -0.114. The Morgan fingerprint density at radius 2 is 2.00 bits per heavy atom. The number of hydrogen-bond donors (Lipinski definition) is 2. The summed E-state index contributed by atoms with van der Waals surface area (Å²) in [4.78, 5) is 22.3. The lowest BCUT2D eigenvalue weighted by atomic mass is 10.3. The molecule has 2 aromatic rings. The van der Waals surface area contributed by atoms with Gasteiger partial charge < -0.3 is 15.4 Å². The van der Waals surface area contributed by atoms with Gasteiger partial charge in [0.1, 0.15) is 17.7 Å². The molecule has 1 amide bonds. The number of anilines is 3. The van der Waals surface area contributed by atoms with Crippen molar-refractivity contribution in [3.05, 3.63) is 30.0 Å². The van der Waals surface area contributed by atoms with E-state index in [4.69, 9.17) is 4.74 Å². The SMILES string of the molecule is CC(=O)Nc1cc(Nc2cc(OC3CC3)nc(C(C)(F)F)n2)c(F)cn1. The van der Waals surface area contributed by atoms with E-state index in [0.717, 1.165) is 19.0 Å². The Balaban J connectivity index is 1.91. The Bertz CT molecular complexity index is 837. The van der Waals surface area contributed by atoms with Crippen LogP contribution in [0.3, 0.4) is 0 Å². The molecule has 0 atom stereocenters. The van der Waals surface area contributed by atoms with Crippen LogP contribution in [0.25, 0.3) is 0 Å². The Morgan fingerprint density at radius 1 is 1.27 bits per heavy atom. The minimum absolute atomic E-state index is 0.0157. The summed E-state index contributed by atoms with van der Waals surface area (Å²) in [6, 6.07) is 2.54. The third kappa shape index (κ3) is 4.58. The topological polar surface area (TPSA) is 89.0 Å². The number of nitrogens with zero attached hydrogens (tertiary/aromatic N) is 3. The van der Waals surface area contributed by atoms with Crippen molar-refractivity contribution in [2.45, 2.75) is 38.7 Å². The van der Waals surface area contributed by atoms with Crippen molar-refractivity contribution < 1.29 is 22.7 Å². The van der Waals surface area contributed by atoms with E-state index in [1.165, 1.54) is 19.1 Å². The maximum absolute atomic E-state index is 14.0. The largest absolute Gasteiger partial charge is 0.474 e. The quantitative estimate of drug-likeness (QED) is 0.814. The number of pyridine rings is 1. The van der Waals surface area contributed by atoms with E-state index in [1.807, 2.05) is 0 Å². The number of carbonyl (C=O) groups excluding carboxylic acids is 1. The second kappa shape index (κ2) is 6.77. The average molecular weight is 367 g/mol. The Labute approximate surface area is 147 Å². The molecule has 0 radical (unpaired) electrons. The molecule has 10 heteroatoms. The number of rotatable bonds is 6. The molecule has 2 N–H and O–H groups in total. The molecule has 1 aliphatic carbocycles. The molecule has 1 saturated carbocycles. The van der Waals surface area contributed by atoms with Gasteiger partial charge >= 0.3 is 5.92 Å². The fourth-order valence-electron chi connectivity index (χ4n) is 2.02. The highest BCUT2D eigenvalue weighted by Crippen LogP contribution is 2.31. The summed E-state index contributed by atoms with van der Waals surface area (Å²) in [6.45, 7) is 1.94. The van der Waals surface area contributed by atoms with Gasteiger partial charge in [-0.05, 0) is 12.8 Å². The highest BCUT2D eigenvalue weighted by molar-refractivity contribution is 5.88. The lowest BCUT2D eigenvalue weighted by Gasteiger charge is -2.14. The molecule has 138 valence electrons. The summed E-state index contributed by atoms with van der Waals surface area (Å²) in [5.41, 5.74) is -0.0924. The van der Waals surface area contributed by atoms with Crippen LogP contribution < -0.4 is 15.4 Å². The summed E-state index contributed by atoms with van der Waals surface area (Å²) < 4.78 is 46.8. The number of carbonyl (C=O) groups is 1. The molecule has 3 rings (SSSR count). The predicted octanol–water partition coefficient (Wildman–Crippen LogP) is 3.37. The van der Waals surface area contributed by atoms with Gasteiger partial charge in [-0.15, -0.1) is 0 Å². The molecule has 0 saturated heterocycles. The molecule has 0 aromatic carbocycles. The number of ether oxygens (including phenoxy) is 1. The third-order valence-corrected chi connectivity index (χ3v) is 3.33. The van der Waals surface area contributed by atoms with Crippen LogP contribution in [0.5, 0.6) is 5.88 Å². The number of hydrogen-bond acceptors (Lipinski definition) is 6. The van der Waals surface area contributed by atoms with E-state index >= 15 is 0 Å². The van der Waals surface area contributed by atoms with E-state index in [9.17, 15) is 18.0 Å². The zero-order valence-corrected chi connectivity index (χ0v) is 14.0. The van der Waals surface area contributed by atoms with Crippen LogP contribution in [0, 0.1) is 5.82 Å². The molecule has 7 nitrogen and oxygen atoms in total. The van der Waals surface area contributed by atoms with E-state index < -0.39 is 17.6 Å². The van der Waals surface area contributed by atoms with Gasteiger partial charge in [-0.2, -0.15) is 13.8 Å². The van der Waals surface area contributed by atoms with E-state index in [-0.39, 0.29) is 35.2 Å². The first kappa shape index (κ1) is 17.9. The third-order valence-electron chi connectivity index (χ3n) is 3.33. The number of alkyl halides is 2. The summed E-state index contributed by atoms with van der Waals surface area (Å²) in [7, 11) is 0. The first-order valence-electron chi connectivity index (χ1n) is 7.85.